The van der Waals surface area contributed by atoms with Crippen LogP contribution in [0.4, 0.5) is 4.39 Å². The summed E-state index contributed by atoms with van der Waals surface area (Å²) in [6.45, 7) is 2.41. The Hall–Kier alpha value is -3.20. The molecule has 3 heterocycles. The van der Waals surface area contributed by atoms with Crippen molar-refractivity contribution in [3.05, 3.63) is 52.5 Å². The monoisotopic (exact) mass is 422 g/mol. The zero-order chi connectivity index (χ0) is 21.5. The van der Waals surface area contributed by atoms with Gasteiger partial charge in [0, 0.05) is 13.2 Å². The van der Waals surface area contributed by atoms with Gasteiger partial charge in [-0.1, -0.05) is 31.9 Å². The van der Waals surface area contributed by atoms with Crippen LogP contribution in [-0.2, 0) is 11.3 Å². The van der Waals surface area contributed by atoms with Crippen molar-refractivity contribution in [3.8, 4) is 11.1 Å². The maximum atomic E-state index is 13.4. The number of fused-ring (bicyclic) bond motifs is 3. The lowest BCUT2D eigenvalue weighted by Crippen LogP contribution is -2.31. The number of ether oxygens (including phenoxy) is 1. The summed E-state index contributed by atoms with van der Waals surface area (Å²) in [4.78, 5) is 17.8. The zero-order valence-corrected chi connectivity index (χ0v) is 17.5. The first kappa shape index (κ1) is 19.7. The molecule has 5 rings (SSSR count). The summed E-state index contributed by atoms with van der Waals surface area (Å²) in [7, 11) is 1.57. The van der Waals surface area contributed by atoms with Gasteiger partial charge in [-0.05, 0) is 36.5 Å². The lowest BCUT2D eigenvalue weighted by molar-refractivity contribution is 0.181. The standard InChI is InChI=1S/C22H23FN6O2/c1-13-5-3-4-6-17(13)28-12-24-21-19(22(28)30)25-26-20-18(14-7-9-15(23)10-8-14)16(11-31-2)27-29(20)21/h7-10,12-13,17H,3-6,11H2,1-2H3. The number of nitrogens with zero attached hydrogens (tertiary/aromatic N) is 6. The molecule has 9 heteroatoms. The van der Waals surface area contributed by atoms with Gasteiger partial charge in [-0.15, -0.1) is 10.2 Å². The average molecular weight is 422 g/mol. The fourth-order valence-electron chi connectivity index (χ4n) is 4.58. The third-order valence-electron chi connectivity index (χ3n) is 6.17. The van der Waals surface area contributed by atoms with Crippen molar-refractivity contribution < 1.29 is 9.13 Å². The molecule has 1 aliphatic carbocycles. The summed E-state index contributed by atoms with van der Waals surface area (Å²) in [6, 6.07) is 6.20. The van der Waals surface area contributed by atoms with Gasteiger partial charge in [0.25, 0.3) is 5.56 Å². The summed E-state index contributed by atoms with van der Waals surface area (Å²) >= 11 is 0. The second-order valence-corrected chi connectivity index (χ2v) is 8.16. The van der Waals surface area contributed by atoms with E-state index in [0.717, 1.165) is 24.8 Å². The SMILES string of the molecule is COCc1nn2c(nnc3c(=O)n(C4CCCCC4C)cnc32)c1-c1ccc(F)cc1. The van der Waals surface area contributed by atoms with E-state index in [2.05, 4.69) is 27.2 Å². The Morgan fingerprint density at radius 2 is 1.90 bits per heavy atom. The van der Waals surface area contributed by atoms with E-state index in [1.165, 1.54) is 23.1 Å². The van der Waals surface area contributed by atoms with Crippen molar-refractivity contribution in [3.63, 3.8) is 0 Å². The van der Waals surface area contributed by atoms with E-state index in [1.807, 2.05) is 0 Å². The molecule has 2 atom stereocenters. The fraction of sp³-hybridized carbons (Fsp3) is 0.409. The van der Waals surface area contributed by atoms with E-state index < -0.39 is 0 Å². The predicted molar refractivity (Wildman–Crippen MR) is 113 cm³/mol. The molecule has 0 saturated heterocycles. The van der Waals surface area contributed by atoms with E-state index >= 15 is 0 Å². The number of hydrogen-bond donors (Lipinski definition) is 0. The highest BCUT2D eigenvalue weighted by Gasteiger charge is 2.26. The normalized spacial score (nSPS) is 19.3. The first-order valence-corrected chi connectivity index (χ1v) is 10.5. The summed E-state index contributed by atoms with van der Waals surface area (Å²) in [6.07, 6.45) is 5.95. The van der Waals surface area contributed by atoms with E-state index in [4.69, 9.17) is 4.74 Å². The van der Waals surface area contributed by atoms with Crippen LogP contribution in [0.1, 0.15) is 44.3 Å². The van der Waals surface area contributed by atoms with Gasteiger partial charge in [0.1, 0.15) is 12.1 Å². The molecule has 3 aromatic heterocycles. The molecule has 160 valence electrons. The van der Waals surface area contributed by atoms with Gasteiger partial charge < -0.3 is 4.74 Å². The lowest BCUT2D eigenvalue weighted by atomic mass is 9.86. The Balaban J connectivity index is 1.71. The second kappa shape index (κ2) is 7.81. The molecule has 2 unspecified atom stereocenters. The summed E-state index contributed by atoms with van der Waals surface area (Å²) in [5.41, 5.74) is 2.81. The maximum Gasteiger partial charge on any atom is 0.283 e. The molecule has 0 spiro atoms. The molecular weight excluding hydrogens is 399 g/mol. The van der Waals surface area contributed by atoms with Crippen LogP contribution < -0.4 is 5.56 Å². The number of aromatic nitrogens is 6. The Bertz CT molecular complexity index is 1310. The molecule has 1 aliphatic rings. The number of halogens is 1. The van der Waals surface area contributed by atoms with Crippen LogP contribution in [-0.4, -0.2) is 36.5 Å². The third kappa shape index (κ3) is 3.29. The van der Waals surface area contributed by atoms with E-state index in [-0.39, 0.29) is 29.5 Å². The van der Waals surface area contributed by atoms with Crippen LogP contribution in [0.5, 0.6) is 0 Å². The van der Waals surface area contributed by atoms with Crippen molar-refractivity contribution in [1.29, 1.82) is 0 Å². The molecule has 0 bridgehead atoms. The Kier molecular flexibility index (Phi) is 4.97. The van der Waals surface area contributed by atoms with E-state index in [0.29, 0.717) is 28.5 Å². The second-order valence-electron chi connectivity index (χ2n) is 8.16. The van der Waals surface area contributed by atoms with Gasteiger partial charge in [0.15, 0.2) is 16.8 Å². The molecule has 8 nitrogen and oxygen atoms in total. The van der Waals surface area contributed by atoms with Gasteiger partial charge in [0.2, 0.25) is 0 Å². The molecule has 0 amide bonds. The quantitative estimate of drug-likeness (QED) is 0.500. The summed E-state index contributed by atoms with van der Waals surface area (Å²) < 4.78 is 22.0. The van der Waals surface area contributed by atoms with Crippen molar-refractivity contribution in [1.82, 2.24) is 29.4 Å². The van der Waals surface area contributed by atoms with Crippen LogP contribution in [0.15, 0.2) is 35.4 Å². The Morgan fingerprint density at radius 3 is 2.65 bits per heavy atom. The van der Waals surface area contributed by atoms with Crippen LogP contribution >= 0.6 is 0 Å². The molecule has 0 radical (unpaired) electrons. The van der Waals surface area contributed by atoms with Crippen LogP contribution in [0.3, 0.4) is 0 Å². The molecule has 1 aromatic carbocycles. The lowest BCUT2D eigenvalue weighted by Gasteiger charge is -2.29. The van der Waals surface area contributed by atoms with Crippen LogP contribution in [0.2, 0.25) is 0 Å². The topological polar surface area (TPSA) is 87.2 Å². The number of hydrogen-bond acceptors (Lipinski definition) is 6. The third-order valence-corrected chi connectivity index (χ3v) is 6.17. The van der Waals surface area contributed by atoms with Crippen LogP contribution in [0, 0.1) is 11.7 Å². The number of rotatable bonds is 4. The largest absolute Gasteiger partial charge is 0.378 e. The van der Waals surface area contributed by atoms with Gasteiger partial charge in [-0.25, -0.2) is 9.37 Å². The van der Waals surface area contributed by atoms with Gasteiger partial charge in [-0.2, -0.15) is 9.61 Å². The van der Waals surface area contributed by atoms with Gasteiger partial charge >= 0.3 is 0 Å². The molecular formula is C22H23FN6O2. The molecule has 0 N–H and O–H groups in total. The minimum atomic E-state index is -0.329. The highest BCUT2D eigenvalue weighted by Crippen LogP contribution is 2.33. The van der Waals surface area contributed by atoms with E-state index in [1.54, 1.807) is 30.1 Å². The smallest absolute Gasteiger partial charge is 0.283 e. The molecule has 1 fully saturated rings. The molecule has 4 aromatic rings. The Morgan fingerprint density at radius 1 is 1.13 bits per heavy atom. The molecule has 1 saturated carbocycles. The van der Waals surface area contributed by atoms with Crippen molar-refractivity contribution in [2.24, 2.45) is 5.92 Å². The van der Waals surface area contributed by atoms with Crippen molar-refractivity contribution >= 4 is 16.8 Å². The fourth-order valence-corrected chi connectivity index (χ4v) is 4.58. The summed E-state index contributed by atoms with van der Waals surface area (Å²) in [5, 5.41) is 13.2. The van der Waals surface area contributed by atoms with Crippen molar-refractivity contribution in [2.45, 2.75) is 45.3 Å². The van der Waals surface area contributed by atoms with Gasteiger partial charge in [-0.3, -0.25) is 9.36 Å². The first-order valence-electron chi connectivity index (χ1n) is 10.5. The molecule has 0 aliphatic heterocycles. The van der Waals surface area contributed by atoms with Crippen LogP contribution in [0.25, 0.3) is 27.9 Å². The maximum absolute atomic E-state index is 13.4. The average Bonchev–Trinajstić information content (AvgIpc) is 3.14. The predicted octanol–water partition coefficient (Wildman–Crippen LogP) is 3.54. The first-order chi connectivity index (χ1) is 15.1. The molecule has 31 heavy (non-hydrogen) atoms. The highest BCUT2D eigenvalue weighted by molar-refractivity contribution is 5.83. The zero-order valence-electron chi connectivity index (χ0n) is 17.5. The van der Waals surface area contributed by atoms with Gasteiger partial charge in [0.05, 0.1) is 17.9 Å². The van der Waals surface area contributed by atoms with E-state index in [9.17, 15) is 9.18 Å². The van der Waals surface area contributed by atoms with Crippen molar-refractivity contribution in [2.75, 3.05) is 7.11 Å². The minimum Gasteiger partial charge on any atom is -0.378 e. The highest BCUT2D eigenvalue weighted by atomic mass is 19.1. The number of methoxy groups -OCH3 is 1. The minimum absolute atomic E-state index is 0.118. The number of benzene rings is 1. The Labute approximate surface area is 177 Å². The summed E-state index contributed by atoms with van der Waals surface area (Å²) in [5.74, 6) is 0.0784.